The van der Waals surface area contributed by atoms with E-state index in [1.54, 1.807) is 11.1 Å². The summed E-state index contributed by atoms with van der Waals surface area (Å²) in [6, 6.07) is 5.77. The van der Waals surface area contributed by atoms with Crippen molar-refractivity contribution in [3.05, 3.63) is 30.1 Å². The number of amides is 1. The van der Waals surface area contributed by atoms with Crippen molar-refractivity contribution in [2.75, 3.05) is 26.2 Å². The van der Waals surface area contributed by atoms with Crippen LogP contribution >= 0.6 is 24.0 Å². The molecule has 154 valence electrons. The highest BCUT2D eigenvalue weighted by atomic mass is 127. The fraction of sp³-hybridized carbons (Fsp3) is 0.632. The Bertz CT molecular complexity index is 561. The third kappa shape index (κ3) is 11.7. The molecule has 1 heterocycles. The number of carbonyl (C=O) groups excluding carboxylic acids is 1. The summed E-state index contributed by atoms with van der Waals surface area (Å²) >= 11 is 0. The maximum atomic E-state index is 12.3. The van der Waals surface area contributed by atoms with Gasteiger partial charge in [0.15, 0.2) is 5.96 Å². The molecule has 2 N–H and O–H groups in total. The highest BCUT2D eigenvalue weighted by molar-refractivity contribution is 14.0. The van der Waals surface area contributed by atoms with Crippen LogP contribution in [0.1, 0.15) is 46.7 Å². The lowest BCUT2D eigenvalue weighted by Gasteiger charge is -2.27. The molecular formula is C19H34IN5O2. The van der Waals surface area contributed by atoms with Crippen LogP contribution < -0.4 is 10.6 Å². The van der Waals surface area contributed by atoms with Gasteiger partial charge in [0.25, 0.3) is 0 Å². The highest BCUT2D eigenvalue weighted by Crippen LogP contribution is 2.10. The van der Waals surface area contributed by atoms with E-state index in [0.717, 1.165) is 18.7 Å². The molecule has 0 radical (unpaired) electrons. The first kappa shape index (κ1) is 25.4. The fourth-order valence-electron chi connectivity index (χ4n) is 2.19. The first-order valence-electron chi connectivity index (χ1n) is 9.25. The maximum Gasteiger partial charge on any atom is 0.410 e. The van der Waals surface area contributed by atoms with Crippen molar-refractivity contribution < 1.29 is 9.53 Å². The van der Waals surface area contributed by atoms with Crippen LogP contribution in [0.5, 0.6) is 0 Å². The molecule has 0 aliphatic carbocycles. The van der Waals surface area contributed by atoms with Crippen LogP contribution in [0.25, 0.3) is 0 Å². The number of aliphatic imine (C=N–C) groups is 1. The molecule has 0 atom stereocenters. The highest BCUT2D eigenvalue weighted by Gasteiger charge is 2.21. The number of ether oxygens (including phenoxy) is 1. The second-order valence-corrected chi connectivity index (χ2v) is 6.91. The number of hydrogen-bond acceptors (Lipinski definition) is 4. The summed E-state index contributed by atoms with van der Waals surface area (Å²) in [6.07, 6.45) is 2.36. The minimum atomic E-state index is -0.491. The number of pyridine rings is 1. The van der Waals surface area contributed by atoms with E-state index in [1.165, 1.54) is 0 Å². The van der Waals surface area contributed by atoms with Gasteiger partial charge in [0.2, 0.25) is 0 Å². The third-order valence-corrected chi connectivity index (χ3v) is 3.29. The van der Waals surface area contributed by atoms with E-state index in [2.05, 4.69) is 20.6 Å². The Balaban J connectivity index is 0.00000676. The summed E-state index contributed by atoms with van der Waals surface area (Å²) < 4.78 is 5.47. The van der Waals surface area contributed by atoms with E-state index in [9.17, 15) is 4.79 Å². The summed E-state index contributed by atoms with van der Waals surface area (Å²) in [6.45, 7) is 12.8. The second kappa shape index (κ2) is 13.6. The van der Waals surface area contributed by atoms with Crippen LogP contribution in [-0.4, -0.2) is 53.7 Å². The fourth-order valence-corrected chi connectivity index (χ4v) is 2.19. The number of nitrogens with zero attached hydrogens (tertiary/aromatic N) is 3. The number of aromatic nitrogens is 1. The normalized spacial score (nSPS) is 11.4. The molecule has 0 saturated heterocycles. The summed E-state index contributed by atoms with van der Waals surface area (Å²) in [5.74, 6) is 0.707. The Kier molecular flexibility index (Phi) is 12.8. The zero-order chi connectivity index (χ0) is 19.4. The first-order valence-corrected chi connectivity index (χ1v) is 9.25. The van der Waals surface area contributed by atoms with E-state index in [-0.39, 0.29) is 30.1 Å². The van der Waals surface area contributed by atoms with Gasteiger partial charge in [-0.1, -0.05) is 13.0 Å². The van der Waals surface area contributed by atoms with Gasteiger partial charge in [-0.2, -0.15) is 0 Å². The standard InChI is InChI=1S/C19H33N5O2.HI/c1-6-13-24(18(25)26-19(3,4)5)14-12-22-17(20-7-2)23-15-16-10-8-9-11-21-16;/h8-11H,6-7,12-15H2,1-5H3,(H2,20,22,23);1H. The summed E-state index contributed by atoms with van der Waals surface area (Å²) in [4.78, 5) is 22.8. The minimum absolute atomic E-state index is 0. The topological polar surface area (TPSA) is 78.9 Å². The molecule has 0 bridgehead atoms. The van der Waals surface area contributed by atoms with Gasteiger partial charge < -0.3 is 20.3 Å². The summed E-state index contributed by atoms with van der Waals surface area (Å²) in [7, 11) is 0. The van der Waals surface area contributed by atoms with Gasteiger partial charge in [-0.05, 0) is 46.2 Å². The van der Waals surface area contributed by atoms with Crippen molar-refractivity contribution in [3.8, 4) is 0 Å². The zero-order valence-corrected chi connectivity index (χ0v) is 19.4. The monoisotopic (exact) mass is 491 g/mol. The van der Waals surface area contributed by atoms with Crippen LogP contribution in [-0.2, 0) is 11.3 Å². The average Bonchev–Trinajstić information content (AvgIpc) is 2.58. The van der Waals surface area contributed by atoms with Crippen molar-refractivity contribution in [2.24, 2.45) is 4.99 Å². The molecule has 1 amide bonds. The first-order chi connectivity index (χ1) is 12.4. The number of carbonyl (C=O) groups is 1. The summed E-state index contributed by atoms with van der Waals surface area (Å²) in [5, 5.41) is 6.46. The van der Waals surface area contributed by atoms with Crippen LogP contribution in [0.15, 0.2) is 29.4 Å². The Morgan fingerprint density at radius 3 is 2.52 bits per heavy atom. The van der Waals surface area contributed by atoms with Crippen molar-refractivity contribution in [2.45, 2.75) is 53.2 Å². The molecule has 1 aromatic heterocycles. The zero-order valence-electron chi connectivity index (χ0n) is 17.1. The molecule has 0 spiro atoms. The van der Waals surface area contributed by atoms with Crippen LogP contribution in [0.3, 0.4) is 0 Å². The lowest BCUT2D eigenvalue weighted by Crippen LogP contribution is -2.44. The average molecular weight is 491 g/mol. The van der Waals surface area contributed by atoms with E-state index in [1.807, 2.05) is 52.8 Å². The van der Waals surface area contributed by atoms with Crippen molar-refractivity contribution in [1.29, 1.82) is 0 Å². The van der Waals surface area contributed by atoms with Crippen molar-refractivity contribution in [1.82, 2.24) is 20.5 Å². The molecule has 0 saturated carbocycles. The number of hydrogen-bond donors (Lipinski definition) is 2. The van der Waals surface area contributed by atoms with Gasteiger partial charge in [0, 0.05) is 32.4 Å². The van der Waals surface area contributed by atoms with Gasteiger partial charge in [0.05, 0.1) is 12.2 Å². The lowest BCUT2D eigenvalue weighted by molar-refractivity contribution is 0.0253. The van der Waals surface area contributed by atoms with Gasteiger partial charge in [-0.15, -0.1) is 24.0 Å². The molecule has 0 fully saturated rings. The molecule has 27 heavy (non-hydrogen) atoms. The third-order valence-electron chi connectivity index (χ3n) is 3.29. The number of rotatable bonds is 8. The molecule has 0 aliphatic rings. The van der Waals surface area contributed by atoms with E-state index in [4.69, 9.17) is 4.74 Å². The molecule has 8 heteroatoms. The molecule has 0 aromatic carbocycles. The Labute approximate surface area is 180 Å². The maximum absolute atomic E-state index is 12.3. The molecule has 0 aliphatic heterocycles. The SMILES string of the molecule is CCCN(CCNC(=NCc1ccccn1)NCC)C(=O)OC(C)(C)C.I. The van der Waals surface area contributed by atoms with Crippen LogP contribution in [0.4, 0.5) is 4.79 Å². The molecule has 0 unspecified atom stereocenters. The second-order valence-electron chi connectivity index (χ2n) is 6.91. The molecule has 7 nitrogen and oxygen atoms in total. The van der Waals surface area contributed by atoms with Gasteiger partial charge in [0.1, 0.15) is 5.60 Å². The predicted octanol–water partition coefficient (Wildman–Crippen LogP) is 3.40. The van der Waals surface area contributed by atoms with Gasteiger partial charge in [-0.25, -0.2) is 9.79 Å². The molecule has 1 rings (SSSR count). The van der Waals surface area contributed by atoms with Crippen molar-refractivity contribution in [3.63, 3.8) is 0 Å². The smallest absolute Gasteiger partial charge is 0.410 e. The number of halogens is 1. The van der Waals surface area contributed by atoms with E-state index < -0.39 is 5.60 Å². The lowest BCUT2D eigenvalue weighted by atomic mass is 10.2. The van der Waals surface area contributed by atoms with Crippen LogP contribution in [0, 0.1) is 0 Å². The van der Waals surface area contributed by atoms with E-state index >= 15 is 0 Å². The number of guanidine groups is 1. The van der Waals surface area contributed by atoms with Crippen LogP contribution in [0.2, 0.25) is 0 Å². The summed E-state index contributed by atoms with van der Waals surface area (Å²) in [5.41, 5.74) is 0.418. The minimum Gasteiger partial charge on any atom is -0.444 e. The molecule has 1 aromatic rings. The number of nitrogens with one attached hydrogen (secondary N) is 2. The van der Waals surface area contributed by atoms with Crippen molar-refractivity contribution >= 4 is 36.0 Å². The van der Waals surface area contributed by atoms with Gasteiger partial charge >= 0.3 is 6.09 Å². The Morgan fingerprint density at radius 2 is 1.96 bits per heavy atom. The van der Waals surface area contributed by atoms with E-state index in [0.29, 0.717) is 32.1 Å². The molecular weight excluding hydrogens is 457 g/mol. The van der Waals surface area contributed by atoms with Gasteiger partial charge in [-0.3, -0.25) is 4.98 Å². The Hall–Kier alpha value is -1.58. The predicted molar refractivity (Wildman–Crippen MR) is 121 cm³/mol. The quantitative estimate of drug-likeness (QED) is 0.331. The Morgan fingerprint density at radius 1 is 1.22 bits per heavy atom. The largest absolute Gasteiger partial charge is 0.444 e.